The van der Waals surface area contributed by atoms with E-state index in [0.717, 1.165) is 25.7 Å². The van der Waals surface area contributed by atoms with Crippen molar-refractivity contribution in [1.82, 2.24) is 0 Å². The van der Waals surface area contributed by atoms with Crippen LogP contribution in [0.4, 0.5) is 0 Å². The number of carbonyl (C=O) groups excluding carboxylic acids is 16. The summed E-state index contributed by atoms with van der Waals surface area (Å²) < 4.78 is 0. The Morgan fingerprint density at radius 2 is 0.348 bits per heavy atom. The quantitative estimate of drug-likeness (QED) is 0.0353. The van der Waals surface area contributed by atoms with Gasteiger partial charge in [0.25, 0.3) is 0 Å². The van der Waals surface area contributed by atoms with E-state index in [1.807, 2.05) is 55.4 Å². The van der Waals surface area contributed by atoms with E-state index in [-0.39, 0.29) is 118 Å². The topological polar surface area (TPSA) is 439 Å². The predicted molar refractivity (Wildman–Crippen MR) is 306 cm³/mol. The molecule has 0 saturated heterocycles. The van der Waals surface area contributed by atoms with E-state index in [4.69, 9.17) is 0 Å². The van der Waals surface area contributed by atoms with Crippen LogP contribution in [0.1, 0.15) is 265 Å². The second-order valence-corrected chi connectivity index (χ2v) is 19.6. The van der Waals surface area contributed by atoms with Crippen LogP contribution in [0.15, 0.2) is 0 Å². The van der Waals surface area contributed by atoms with Crippen LogP contribution in [0.2, 0.25) is 0 Å². The minimum absolute atomic E-state index is 0. The zero-order chi connectivity index (χ0) is 70.2. The van der Waals surface area contributed by atoms with Crippen molar-refractivity contribution < 1.29 is 158 Å². The molecule has 0 heterocycles. The van der Waals surface area contributed by atoms with E-state index in [1.54, 1.807) is 55.4 Å². The Hall–Kier alpha value is -6.33. The van der Waals surface area contributed by atoms with Gasteiger partial charge in [0, 0.05) is 101 Å². The van der Waals surface area contributed by atoms with Crippen molar-refractivity contribution in [2.45, 2.75) is 289 Å². The number of hydrogen-bond donors (Lipinski definition) is 0. The van der Waals surface area contributed by atoms with Crippen LogP contribution < -0.4 is 20.4 Å². The molecule has 512 valence electrons. The van der Waals surface area contributed by atoms with Gasteiger partial charge in [-0.3, -0.25) is 57.9 Å². The molecule has 0 radical (unpaired) electrons. The molecule has 0 saturated carbocycles. The van der Waals surface area contributed by atoms with E-state index in [1.165, 1.54) is 0 Å². The first-order valence-corrected chi connectivity index (χ1v) is 29.3. The van der Waals surface area contributed by atoms with Crippen LogP contribution in [0.5, 0.6) is 0 Å². The number of ketones is 8. The van der Waals surface area contributed by atoms with Crippen LogP contribution >= 0.6 is 0 Å². The zero-order valence-electron chi connectivity index (χ0n) is 55.2. The van der Waals surface area contributed by atoms with Crippen LogP contribution in [-0.2, 0) is 138 Å². The smallest absolute Gasteiger partial charge is 0.550 e. The van der Waals surface area contributed by atoms with E-state index >= 15 is 0 Å². The molecule has 0 aliphatic heterocycles. The van der Waals surface area contributed by atoms with Gasteiger partial charge < -0.3 is 39.6 Å². The molecule has 0 rings (SSSR count). The van der Waals surface area contributed by atoms with Gasteiger partial charge in [-0.05, 0) is 107 Å². The Kier molecular flexibility index (Phi) is 82.7. The molecule has 0 spiro atoms. The van der Waals surface area contributed by atoms with Crippen molar-refractivity contribution in [3.8, 4) is 0 Å². The molecular weight excluding hydrogens is 1220 g/mol. The molecule has 0 N–H and O–H groups in total. The van der Waals surface area contributed by atoms with Gasteiger partial charge in [-0.2, -0.15) is 19.6 Å². The van der Waals surface area contributed by atoms with Crippen molar-refractivity contribution in [1.29, 1.82) is 0 Å². The molecule has 0 fully saturated rings. The molecule has 89 heavy (non-hydrogen) atoms. The molecule has 29 heteroatoms. The van der Waals surface area contributed by atoms with Gasteiger partial charge in [0.2, 0.25) is 0 Å². The molecule has 0 aliphatic carbocycles. The Bertz CT molecular complexity index is 1730. The number of aliphatic carboxylic acids is 4. The number of carboxylic acid groups (broad SMARTS) is 4. The standard InChI is InChI=1S/4C9H16O4.4C6H10O3.Ti/c4*1-4-5-8(10)6-9(11)13-12-7(2)3;4*1-2-3-5(7)4-6(8)9;/h4*7H,4-6H2,1-3H3;4*2-4H2,1H3,(H,8,9);/q;;;;;;;;+4/p-4. The normalized spacial score (nSPS) is 9.57. The first-order chi connectivity index (χ1) is 40.9. The van der Waals surface area contributed by atoms with Gasteiger partial charge in [-0.1, -0.05) is 55.4 Å². The summed E-state index contributed by atoms with van der Waals surface area (Å²) in [4.78, 5) is 204. The number of carbonyl (C=O) groups is 16. The van der Waals surface area contributed by atoms with Crippen LogP contribution in [0.25, 0.3) is 0 Å². The average Bonchev–Trinajstić information content (AvgIpc) is 3.37. The maximum absolute atomic E-state index is 10.9. The Labute approximate surface area is 539 Å². The molecule has 0 atom stereocenters. The predicted octanol–water partition coefficient (Wildman–Crippen LogP) is 4.50. The third-order valence-corrected chi connectivity index (χ3v) is 8.30. The molecule has 0 amide bonds. The van der Waals surface area contributed by atoms with Crippen molar-refractivity contribution in [2.75, 3.05) is 0 Å². The summed E-state index contributed by atoms with van der Waals surface area (Å²) in [7, 11) is 0. The summed E-state index contributed by atoms with van der Waals surface area (Å²) in [6.07, 6.45) is 5.58. The second kappa shape index (κ2) is 72.4. The second-order valence-electron chi connectivity index (χ2n) is 19.6. The van der Waals surface area contributed by atoms with Crippen molar-refractivity contribution >= 4 is 94.0 Å². The van der Waals surface area contributed by atoms with E-state index in [9.17, 15) is 97.1 Å². The summed E-state index contributed by atoms with van der Waals surface area (Å²) in [5.41, 5.74) is 0. The summed E-state index contributed by atoms with van der Waals surface area (Å²) >= 11 is 0. The summed E-state index contributed by atoms with van der Waals surface area (Å²) in [6.45, 7) is 28.7. The van der Waals surface area contributed by atoms with Gasteiger partial charge >= 0.3 is 45.6 Å². The first kappa shape index (κ1) is 102. The van der Waals surface area contributed by atoms with Crippen LogP contribution in [-0.4, -0.2) is 118 Å². The maximum Gasteiger partial charge on any atom is 4.00 e. The van der Waals surface area contributed by atoms with Crippen molar-refractivity contribution in [3.05, 3.63) is 0 Å². The SMILES string of the molecule is CCCC(=O)CC(=O)OOC(C)C.CCCC(=O)CC(=O)OOC(C)C.CCCC(=O)CC(=O)OOC(C)C.CCCC(=O)CC(=O)OOC(C)C.CCCC(=O)CC(=O)[O-].CCCC(=O)CC(=O)[O-].CCCC(=O)CC(=O)[O-].CCCC(=O)CC(=O)[O-].[Ti+4]. The number of carboxylic acids is 4. The Balaban J connectivity index is -0.000000118. The van der Waals surface area contributed by atoms with E-state index < -0.39 is 73.4 Å². The summed E-state index contributed by atoms with van der Waals surface area (Å²) in [6, 6.07) is 0. The third-order valence-electron chi connectivity index (χ3n) is 8.30. The Morgan fingerprint density at radius 1 is 0.236 bits per heavy atom. The van der Waals surface area contributed by atoms with Gasteiger partial charge in [0.1, 0.15) is 71.9 Å². The molecule has 0 aromatic carbocycles. The zero-order valence-corrected chi connectivity index (χ0v) is 56.8. The molecule has 0 aromatic heterocycles. The summed E-state index contributed by atoms with van der Waals surface area (Å²) in [5.74, 6) is -9.06. The fourth-order valence-electron chi connectivity index (χ4n) is 4.94. The largest absolute Gasteiger partial charge is 4.00 e. The summed E-state index contributed by atoms with van der Waals surface area (Å²) in [5, 5.41) is 39.0. The molecule has 28 nitrogen and oxygen atoms in total. The number of hydrogen-bond acceptors (Lipinski definition) is 28. The van der Waals surface area contributed by atoms with E-state index in [2.05, 4.69) is 39.1 Å². The maximum atomic E-state index is 10.9. The molecular formula is C60H100O28Ti. The number of rotatable bonds is 40. The van der Waals surface area contributed by atoms with Gasteiger partial charge in [-0.25, -0.2) is 19.2 Å². The first-order valence-electron chi connectivity index (χ1n) is 29.3. The molecule has 0 aliphatic rings. The van der Waals surface area contributed by atoms with Gasteiger partial charge in [-0.15, -0.1) is 0 Å². The third kappa shape index (κ3) is 107. The monoisotopic (exact) mass is 1320 g/mol. The minimum atomic E-state index is -1.28. The molecule has 0 aromatic rings. The van der Waals surface area contributed by atoms with Crippen LogP contribution in [0.3, 0.4) is 0 Å². The van der Waals surface area contributed by atoms with Gasteiger partial charge in [0.05, 0.1) is 24.4 Å². The number of Topliss-reactive ketones (excluding diaryl/α,β-unsaturated/α-hetero) is 8. The van der Waals surface area contributed by atoms with Crippen molar-refractivity contribution in [2.24, 2.45) is 0 Å². The van der Waals surface area contributed by atoms with E-state index in [0.29, 0.717) is 77.0 Å². The van der Waals surface area contributed by atoms with Crippen molar-refractivity contribution in [3.63, 3.8) is 0 Å². The van der Waals surface area contributed by atoms with Crippen LogP contribution in [0, 0.1) is 0 Å². The Morgan fingerprint density at radius 3 is 0.438 bits per heavy atom. The fourth-order valence-corrected chi connectivity index (χ4v) is 4.94. The molecule has 0 bridgehead atoms. The minimum Gasteiger partial charge on any atom is -0.550 e. The molecule has 0 unspecified atom stereocenters. The fraction of sp³-hybridized carbons (Fsp3) is 0.733. The van der Waals surface area contributed by atoms with Gasteiger partial charge in [0.15, 0.2) is 0 Å². The average molecular weight is 1320 g/mol.